The van der Waals surface area contributed by atoms with Crippen LogP contribution in [0.3, 0.4) is 0 Å². The Labute approximate surface area is 111 Å². The van der Waals surface area contributed by atoms with E-state index in [1.807, 2.05) is 18.2 Å². The van der Waals surface area contributed by atoms with Crippen molar-refractivity contribution in [3.63, 3.8) is 0 Å². The Hall–Kier alpha value is -0.860. The van der Waals surface area contributed by atoms with Gasteiger partial charge in [-0.25, -0.2) is 0 Å². The number of unbranched alkanes of at least 4 members (excludes halogenated alkanes) is 4. The number of hydrogen-bond donors (Lipinski definition) is 0. The van der Waals surface area contributed by atoms with Gasteiger partial charge in [-0.3, -0.25) is 0 Å². The summed E-state index contributed by atoms with van der Waals surface area (Å²) in [5.74, 6) is -0.576. The first-order valence-electron chi connectivity index (χ1n) is 6.95. The van der Waals surface area contributed by atoms with Gasteiger partial charge in [0.15, 0.2) is 5.79 Å². The molecule has 0 aliphatic rings. The molecule has 0 amide bonds. The Morgan fingerprint density at radius 3 is 2.06 bits per heavy atom. The van der Waals surface area contributed by atoms with Crippen molar-refractivity contribution in [2.24, 2.45) is 0 Å². The zero-order valence-corrected chi connectivity index (χ0v) is 11.9. The molecule has 0 atom stereocenters. The van der Waals surface area contributed by atoms with E-state index < -0.39 is 5.79 Å². The van der Waals surface area contributed by atoms with Crippen molar-refractivity contribution in [2.75, 3.05) is 14.2 Å². The molecule has 2 nitrogen and oxygen atoms in total. The molecule has 0 heterocycles. The predicted octanol–water partition coefficient (Wildman–Crippen LogP) is 4.49. The third-order valence-electron chi connectivity index (χ3n) is 3.48. The maximum Gasteiger partial charge on any atom is 0.194 e. The van der Waals surface area contributed by atoms with Crippen molar-refractivity contribution in [1.29, 1.82) is 0 Å². The highest BCUT2D eigenvalue weighted by Crippen LogP contribution is 2.31. The Balaban J connectivity index is 2.58. The first-order valence-corrected chi connectivity index (χ1v) is 6.95. The summed E-state index contributed by atoms with van der Waals surface area (Å²) >= 11 is 0. The van der Waals surface area contributed by atoms with Gasteiger partial charge < -0.3 is 9.47 Å². The molecule has 0 aliphatic carbocycles. The minimum absolute atomic E-state index is 0.576. The lowest BCUT2D eigenvalue weighted by molar-refractivity contribution is -0.221. The van der Waals surface area contributed by atoms with Gasteiger partial charge >= 0.3 is 0 Å². The van der Waals surface area contributed by atoms with E-state index in [9.17, 15) is 0 Å². The first-order chi connectivity index (χ1) is 8.79. The van der Waals surface area contributed by atoms with E-state index in [1.54, 1.807) is 14.2 Å². The van der Waals surface area contributed by atoms with Crippen LogP contribution in [0.4, 0.5) is 0 Å². The number of rotatable bonds is 9. The third-order valence-corrected chi connectivity index (χ3v) is 3.48. The van der Waals surface area contributed by atoms with E-state index in [1.165, 1.54) is 25.7 Å². The van der Waals surface area contributed by atoms with Crippen LogP contribution in [0.1, 0.15) is 51.0 Å². The van der Waals surface area contributed by atoms with Gasteiger partial charge in [-0.15, -0.1) is 0 Å². The molecule has 102 valence electrons. The van der Waals surface area contributed by atoms with Gasteiger partial charge in [-0.2, -0.15) is 0 Å². The van der Waals surface area contributed by atoms with Gasteiger partial charge in [0, 0.05) is 26.2 Å². The van der Waals surface area contributed by atoms with Gasteiger partial charge in [-0.05, 0) is 6.42 Å². The lowest BCUT2D eigenvalue weighted by Gasteiger charge is -2.31. The summed E-state index contributed by atoms with van der Waals surface area (Å²) in [7, 11) is 3.45. The molecule has 0 aliphatic heterocycles. The summed E-state index contributed by atoms with van der Waals surface area (Å²) in [4.78, 5) is 0. The second kappa shape index (κ2) is 8.28. The monoisotopic (exact) mass is 250 g/mol. The van der Waals surface area contributed by atoms with Crippen LogP contribution in [0, 0.1) is 0 Å². The van der Waals surface area contributed by atoms with Crippen LogP contribution in [-0.4, -0.2) is 14.2 Å². The first kappa shape index (κ1) is 15.2. The van der Waals surface area contributed by atoms with Crippen LogP contribution in [-0.2, 0) is 15.3 Å². The quantitative estimate of drug-likeness (QED) is 0.475. The molecule has 0 bridgehead atoms. The molecule has 0 radical (unpaired) electrons. The summed E-state index contributed by atoms with van der Waals surface area (Å²) < 4.78 is 11.3. The number of methoxy groups -OCH3 is 2. The van der Waals surface area contributed by atoms with Crippen LogP contribution in [0.25, 0.3) is 0 Å². The average molecular weight is 250 g/mol. The van der Waals surface area contributed by atoms with E-state index in [-0.39, 0.29) is 0 Å². The Morgan fingerprint density at radius 2 is 1.50 bits per heavy atom. The van der Waals surface area contributed by atoms with Gasteiger partial charge in [0.2, 0.25) is 0 Å². The van der Waals surface area contributed by atoms with Crippen LogP contribution in [0.2, 0.25) is 0 Å². The van der Waals surface area contributed by atoms with Crippen molar-refractivity contribution in [1.82, 2.24) is 0 Å². The molecule has 18 heavy (non-hydrogen) atoms. The van der Waals surface area contributed by atoms with Crippen LogP contribution in [0.5, 0.6) is 0 Å². The molecule has 0 saturated heterocycles. The van der Waals surface area contributed by atoms with Crippen molar-refractivity contribution in [3.05, 3.63) is 35.9 Å². The minimum atomic E-state index is -0.576. The topological polar surface area (TPSA) is 18.5 Å². The fraction of sp³-hybridized carbons (Fsp3) is 0.625. The standard InChI is InChI=1S/C16H26O2/c1-4-5-6-7-11-14-16(17-2,18-3)15-12-9-8-10-13-15/h8-10,12-13H,4-7,11,14H2,1-3H3. The van der Waals surface area contributed by atoms with E-state index in [0.29, 0.717) is 0 Å². The van der Waals surface area contributed by atoms with Crippen LogP contribution >= 0.6 is 0 Å². The number of hydrogen-bond acceptors (Lipinski definition) is 2. The highest BCUT2D eigenvalue weighted by atomic mass is 16.7. The fourth-order valence-electron chi connectivity index (χ4n) is 2.32. The maximum atomic E-state index is 5.66. The lowest BCUT2D eigenvalue weighted by atomic mass is 9.98. The van der Waals surface area contributed by atoms with Gasteiger partial charge in [0.05, 0.1) is 0 Å². The second-order valence-electron chi connectivity index (χ2n) is 4.69. The molecule has 1 aromatic rings. The molecule has 0 spiro atoms. The molecule has 0 aromatic heterocycles. The lowest BCUT2D eigenvalue weighted by Crippen LogP contribution is -2.30. The van der Waals surface area contributed by atoms with Crippen LogP contribution < -0.4 is 0 Å². The summed E-state index contributed by atoms with van der Waals surface area (Å²) in [6.45, 7) is 2.23. The minimum Gasteiger partial charge on any atom is -0.349 e. The summed E-state index contributed by atoms with van der Waals surface area (Å²) in [6.07, 6.45) is 7.19. The van der Waals surface area contributed by atoms with E-state index >= 15 is 0 Å². The smallest absolute Gasteiger partial charge is 0.194 e. The van der Waals surface area contributed by atoms with E-state index in [0.717, 1.165) is 18.4 Å². The number of ether oxygens (including phenoxy) is 2. The van der Waals surface area contributed by atoms with Crippen molar-refractivity contribution < 1.29 is 9.47 Å². The van der Waals surface area contributed by atoms with Crippen molar-refractivity contribution in [3.8, 4) is 0 Å². The summed E-state index contributed by atoms with van der Waals surface area (Å²) in [5, 5.41) is 0. The zero-order chi connectivity index (χ0) is 13.3. The molecule has 1 rings (SSSR count). The molecular weight excluding hydrogens is 224 g/mol. The molecule has 0 unspecified atom stereocenters. The van der Waals surface area contributed by atoms with Crippen LogP contribution in [0.15, 0.2) is 30.3 Å². The predicted molar refractivity (Wildman–Crippen MR) is 75.5 cm³/mol. The molecular formula is C16H26O2. The molecule has 1 aromatic carbocycles. The summed E-state index contributed by atoms with van der Waals surface area (Å²) in [6, 6.07) is 10.2. The number of benzene rings is 1. The zero-order valence-electron chi connectivity index (χ0n) is 11.9. The van der Waals surface area contributed by atoms with Gasteiger partial charge in [0.1, 0.15) is 0 Å². The van der Waals surface area contributed by atoms with Gasteiger partial charge in [-0.1, -0.05) is 62.9 Å². The molecule has 0 N–H and O–H groups in total. The third kappa shape index (κ3) is 4.11. The summed E-state index contributed by atoms with van der Waals surface area (Å²) in [5.41, 5.74) is 1.10. The fourth-order valence-corrected chi connectivity index (χ4v) is 2.32. The molecule has 2 heteroatoms. The maximum absolute atomic E-state index is 5.66. The van der Waals surface area contributed by atoms with E-state index in [4.69, 9.17) is 9.47 Å². The second-order valence-corrected chi connectivity index (χ2v) is 4.69. The van der Waals surface area contributed by atoms with Crippen molar-refractivity contribution >= 4 is 0 Å². The molecule has 0 saturated carbocycles. The largest absolute Gasteiger partial charge is 0.349 e. The highest BCUT2D eigenvalue weighted by molar-refractivity contribution is 5.20. The highest BCUT2D eigenvalue weighted by Gasteiger charge is 2.30. The SMILES string of the molecule is CCCCCCCC(OC)(OC)c1ccccc1. The average Bonchev–Trinajstić information content (AvgIpc) is 2.44. The van der Waals surface area contributed by atoms with Crippen molar-refractivity contribution in [2.45, 2.75) is 51.2 Å². The van der Waals surface area contributed by atoms with Gasteiger partial charge in [0.25, 0.3) is 0 Å². The normalized spacial score (nSPS) is 11.7. The molecule has 0 fully saturated rings. The Morgan fingerprint density at radius 1 is 0.889 bits per heavy atom. The Bertz CT molecular complexity index is 304. The van der Waals surface area contributed by atoms with E-state index in [2.05, 4.69) is 19.1 Å². The Kier molecular flexibility index (Phi) is 6.99.